The summed E-state index contributed by atoms with van der Waals surface area (Å²) < 4.78 is 0. The van der Waals surface area contributed by atoms with Crippen LogP contribution < -0.4 is 5.56 Å². The summed E-state index contributed by atoms with van der Waals surface area (Å²) >= 11 is 1.42. The van der Waals surface area contributed by atoms with Crippen molar-refractivity contribution in [2.75, 3.05) is 6.26 Å². The predicted molar refractivity (Wildman–Crippen MR) is 68.4 cm³/mol. The van der Waals surface area contributed by atoms with Crippen LogP contribution in [0.15, 0.2) is 34.6 Å². The van der Waals surface area contributed by atoms with Crippen molar-refractivity contribution in [1.29, 1.82) is 0 Å². The van der Waals surface area contributed by atoms with Crippen molar-refractivity contribution >= 4 is 11.8 Å². The molecule has 4 nitrogen and oxygen atoms in total. The van der Waals surface area contributed by atoms with Gasteiger partial charge in [-0.15, -0.1) is 0 Å². The highest BCUT2D eigenvalue weighted by atomic mass is 32.2. The second-order valence-electron chi connectivity index (χ2n) is 3.79. The van der Waals surface area contributed by atoms with Gasteiger partial charge >= 0.3 is 0 Å². The maximum absolute atomic E-state index is 11.8. The molecule has 2 rings (SSSR count). The molecule has 0 spiro atoms. The third kappa shape index (κ3) is 2.94. The van der Waals surface area contributed by atoms with Crippen LogP contribution in [-0.2, 0) is 6.42 Å². The molecule has 0 fully saturated rings. The minimum Gasteiger partial charge on any atom is -0.301 e. The van der Waals surface area contributed by atoms with Crippen LogP contribution in [0.25, 0.3) is 0 Å². The molecule has 0 aliphatic rings. The normalized spacial score (nSPS) is 10.5. The molecule has 2 aromatic heterocycles. The fraction of sp³-hybridized carbons (Fsp3) is 0.250. The van der Waals surface area contributed by atoms with Crippen LogP contribution in [0.1, 0.15) is 16.7 Å². The van der Waals surface area contributed by atoms with Gasteiger partial charge in [0.2, 0.25) is 0 Å². The van der Waals surface area contributed by atoms with Gasteiger partial charge in [0, 0.05) is 30.6 Å². The number of hydrogen-bond donors (Lipinski definition) is 1. The summed E-state index contributed by atoms with van der Waals surface area (Å²) in [6.45, 7) is 1.98. The van der Waals surface area contributed by atoms with Gasteiger partial charge < -0.3 is 4.98 Å². The summed E-state index contributed by atoms with van der Waals surface area (Å²) in [5.41, 5.74) is 2.70. The summed E-state index contributed by atoms with van der Waals surface area (Å²) in [6.07, 6.45) is 7.64. The molecule has 0 radical (unpaired) electrons. The van der Waals surface area contributed by atoms with Crippen LogP contribution in [-0.4, -0.2) is 21.2 Å². The molecule has 2 aromatic rings. The van der Waals surface area contributed by atoms with Gasteiger partial charge in [0.1, 0.15) is 0 Å². The van der Waals surface area contributed by atoms with Crippen LogP contribution in [0.4, 0.5) is 0 Å². The highest BCUT2D eigenvalue weighted by molar-refractivity contribution is 7.98. The lowest BCUT2D eigenvalue weighted by molar-refractivity contribution is 0.900. The quantitative estimate of drug-likeness (QED) is 0.663. The first-order valence-electron chi connectivity index (χ1n) is 5.22. The summed E-state index contributed by atoms with van der Waals surface area (Å²) in [4.78, 5) is 22.8. The number of H-pyrrole nitrogens is 1. The lowest BCUT2D eigenvalue weighted by atomic mass is 10.1. The Morgan fingerprint density at radius 2 is 2.18 bits per heavy atom. The Balaban J connectivity index is 2.27. The summed E-state index contributed by atoms with van der Waals surface area (Å²) in [6, 6.07) is 2.02. The molecule has 0 amide bonds. The van der Waals surface area contributed by atoms with Crippen molar-refractivity contribution in [2.24, 2.45) is 0 Å². The second-order valence-corrected chi connectivity index (χ2v) is 4.59. The number of nitrogens with zero attached hydrogens (tertiary/aromatic N) is 2. The Labute approximate surface area is 104 Å². The number of aromatic nitrogens is 3. The fourth-order valence-electron chi connectivity index (χ4n) is 1.57. The Morgan fingerprint density at radius 1 is 1.35 bits per heavy atom. The van der Waals surface area contributed by atoms with E-state index in [-0.39, 0.29) is 5.56 Å². The zero-order valence-electron chi connectivity index (χ0n) is 9.73. The molecule has 0 aliphatic carbocycles. The number of pyridine rings is 1. The van der Waals surface area contributed by atoms with Crippen LogP contribution in [0.2, 0.25) is 0 Å². The molecule has 0 saturated carbocycles. The second kappa shape index (κ2) is 5.14. The minimum atomic E-state index is -0.0779. The molecule has 0 unspecified atom stereocenters. The van der Waals surface area contributed by atoms with Crippen LogP contribution in [0.5, 0.6) is 0 Å². The molecule has 0 atom stereocenters. The Hall–Kier alpha value is -1.62. The molecule has 17 heavy (non-hydrogen) atoms. The van der Waals surface area contributed by atoms with Gasteiger partial charge in [0.25, 0.3) is 5.56 Å². The first-order chi connectivity index (χ1) is 8.19. The largest absolute Gasteiger partial charge is 0.301 e. The monoisotopic (exact) mass is 247 g/mol. The van der Waals surface area contributed by atoms with E-state index in [1.54, 1.807) is 18.6 Å². The third-order valence-electron chi connectivity index (χ3n) is 2.37. The number of thioether (sulfide) groups is 1. The van der Waals surface area contributed by atoms with Gasteiger partial charge in [-0.25, -0.2) is 4.98 Å². The van der Waals surface area contributed by atoms with E-state index in [1.165, 1.54) is 11.8 Å². The van der Waals surface area contributed by atoms with Crippen LogP contribution in [0.3, 0.4) is 0 Å². The van der Waals surface area contributed by atoms with Crippen molar-refractivity contribution in [2.45, 2.75) is 18.5 Å². The molecule has 2 heterocycles. The molecule has 0 aliphatic heterocycles. The topological polar surface area (TPSA) is 58.6 Å². The molecular formula is C12H13N3OS. The minimum absolute atomic E-state index is 0.0779. The standard InChI is InChI=1S/C12H13N3OS/c1-8-3-9(6-13-5-8)4-10-7-14-12(17-2)15-11(10)16/h3,5-7H,4H2,1-2H3,(H,14,15,16). The van der Waals surface area contributed by atoms with Gasteiger partial charge in [-0.05, 0) is 24.3 Å². The maximum atomic E-state index is 11.8. The maximum Gasteiger partial charge on any atom is 0.255 e. The van der Waals surface area contributed by atoms with Gasteiger partial charge in [-0.1, -0.05) is 17.8 Å². The molecule has 5 heteroatoms. The molecule has 88 valence electrons. The zero-order valence-corrected chi connectivity index (χ0v) is 10.5. The molecular weight excluding hydrogens is 234 g/mol. The van der Waals surface area contributed by atoms with Gasteiger partial charge in [-0.3, -0.25) is 9.78 Å². The highest BCUT2D eigenvalue weighted by Crippen LogP contribution is 2.08. The third-order valence-corrected chi connectivity index (χ3v) is 2.96. The zero-order chi connectivity index (χ0) is 12.3. The summed E-state index contributed by atoms with van der Waals surface area (Å²) in [5.74, 6) is 0. The van der Waals surface area contributed by atoms with E-state index in [4.69, 9.17) is 0 Å². The van der Waals surface area contributed by atoms with Crippen molar-refractivity contribution in [1.82, 2.24) is 15.0 Å². The van der Waals surface area contributed by atoms with E-state index in [2.05, 4.69) is 15.0 Å². The van der Waals surface area contributed by atoms with E-state index in [1.807, 2.05) is 19.2 Å². The molecule has 0 saturated heterocycles. The van der Waals surface area contributed by atoms with Crippen molar-refractivity contribution in [3.05, 3.63) is 51.7 Å². The predicted octanol–water partition coefficient (Wildman–Crippen LogP) is 1.79. The van der Waals surface area contributed by atoms with Gasteiger partial charge in [-0.2, -0.15) is 0 Å². The first kappa shape index (κ1) is 11.9. The van der Waals surface area contributed by atoms with E-state index < -0.39 is 0 Å². The molecule has 0 aromatic carbocycles. The van der Waals surface area contributed by atoms with E-state index in [0.29, 0.717) is 17.1 Å². The average Bonchev–Trinajstić information content (AvgIpc) is 2.32. The van der Waals surface area contributed by atoms with Crippen molar-refractivity contribution < 1.29 is 0 Å². The van der Waals surface area contributed by atoms with E-state index >= 15 is 0 Å². The Morgan fingerprint density at radius 3 is 2.82 bits per heavy atom. The highest BCUT2D eigenvalue weighted by Gasteiger charge is 2.04. The Kier molecular flexibility index (Phi) is 3.58. The smallest absolute Gasteiger partial charge is 0.255 e. The number of hydrogen-bond acceptors (Lipinski definition) is 4. The average molecular weight is 247 g/mol. The lowest BCUT2D eigenvalue weighted by Crippen LogP contribution is -2.14. The number of aryl methyl sites for hydroxylation is 1. The summed E-state index contributed by atoms with van der Waals surface area (Å²) in [5, 5.41) is 0.640. The number of aromatic amines is 1. The molecule has 1 N–H and O–H groups in total. The SMILES string of the molecule is CSc1ncc(Cc2cncc(C)c2)c(=O)[nH]1. The summed E-state index contributed by atoms with van der Waals surface area (Å²) in [7, 11) is 0. The van der Waals surface area contributed by atoms with E-state index in [0.717, 1.165) is 11.1 Å². The van der Waals surface area contributed by atoms with Gasteiger partial charge in [0.05, 0.1) is 0 Å². The van der Waals surface area contributed by atoms with Crippen molar-refractivity contribution in [3.63, 3.8) is 0 Å². The van der Waals surface area contributed by atoms with Crippen molar-refractivity contribution in [3.8, 4) is 0 Å². The lowest BCUT2D eigenvalue weighted by Gasteiger charge is -2.02. The van der Waals surface area contributed by atoms with Crippen LogP contribution in [0, 0.1) is 6.92 Å². The first-order valence-corrected chi connectivity index (χ1v) is 6.44. The van der Waals surface area contributed by atoms with E-state index in [9.17, 15) is 4.79 Å². The molecule has 0 bridgehead atoms. The van der Waals surface area contributed by atoms with Gasteiger partial charge in [0.15, 0.2) is 5.16 Å². The number of nitrogens with one attached hydrogen (secondary N) is 1. The van der Waals surface area contributed by atoms with Crippen LogP contribution >= 0.6 is 11.8 Å². The Bertz CT molecular complexity index is 580. The fourth-order valence-corrected chi connectivity index (χ4v) is 1.92. The number of rotatable bonds is 3.